The number of rotatable bonds is 6. The number of benzene rings is 2. The molecule has 0 spiro atoms. The lowest BCUT2D eigenvalue weighted by Crippen LogP contribution is -2.46. The molecule has 0 N–H and O–H groups in total. The number of ether oxygens (including phenoxy) is 3. The lowest BCUT2D eigenvalue weighted by atomic mass is 9.90. The SMILES string of the molecule is CCOC(=O)N(Cc1ccccc1)[C@H]1C[C@@H](C)N(C(=O)SC)c2cc(OC)c(OC)cc21. The van der Waals surface area contributed by atoms with Crippen molar-refractivity contribution in [3.63, 3.8) is 0 Å². The smallest absolute Gasteiger partial charge is 0.410 e. The zero-order valence-electron chi connectivity index (χ0n) is 19.2. The van der Waals surface area contributed by atoms with Gasteiger partial charge in [0, 0.05) is 24.2 Å². The van der Waals surface area contributed by atoms with Gasteiger partial charge in [0.25, 0.3) is 5.24 Å². The molecular formula is C24H30N2O5S. The van der Waals surface area contributed by atoms with Crippen LogP contribution in [0, 0.1) is 0 Å². The van der Waals surface area contributed by atoms with Gasteiger partial charge in [-0.2, -0.15) is 0 Å². The van der Waals surface area contributed by atoms with Crippen molar-refractivity contribution in [3.8, 4) is 11.5 Å². The van der Waals surface area contributed by atoms with Gasteiger partial charge in [0.05, 0.1) is 32.6 Å². The topological polar surface area (TPSA) is 68.3 Å². The van der Waals surface area contributed by atoms with Crippen LogP contribution in [0.4, 0.5) is 15.3 Å². The van der Waals surface area contributed by atoms with Crippen molar-refractivity contribution in [2.45, 2.75) is 38.9 Å². The van der Waals surface area contributed by atoms with Gasteiger partial charge in [-0.1, -0.05) is 42.1 Å². The van der Waals surface area contributed by atoms with E-state index in [1.54, 1.807) is 37.2 Å². The first-order valence-corrected chi connectivity index (χ1v) is 11.8. The third-order valence-corrected chi connectivity index (χ3v) is 6.15. The number of hydrogen-bond acceptors (Lipinski definition) is 6. The summed E-state index contributed by atoms with van der Waals surface area (Å²) in [4.78, 5) is 29.4. The second-order valence-electron chi connectivity index (χ2n) is 7.52. The Morgan fingerprint density at radius 3 is 2.38 bits per heavy atom. The molecule has 32 heavy (non-hydrogen) atoms. The van der Waals surface area contributed by atoms with Crippen LogP contribution in [0.15, 0.2) is 42.5 Å². The summed E-state index contributed by atoms with van der Waals surface area (Å²) in [6.07, 6.45) is 1.95. The number of carbonyl (C=O) groups excluding carboxylic acids is 2. The molecule has 0 bridgehead atoms. The van der Waals surface area contributed by atoms with E-state index in [1.807, 2.05) is 49.4 Å². The Labute approximate surface area is 193 Å². The summed E-state index contributed by atoms with van der Waals surface area (Å²) in [6, 6.07) is 13.1. The molecule has 2 amide bonds. The monoisotopic (exact) mass is 458 g/mol. The van der Waals surface area contributed by atoms with Crippen LogP contribution in [0.1, 0.15) is 37.4 Å². The minimum absolute atomic E-state index is 0.0600. The molecular weight excluding hydrogens is 428 g/mol. The van der Waals surface area contributed by atoms with Crippen molar-refractivity contribution in [2.24, 2.45) is 0 Å². The van der Waals surface area contributed by atoms with Gasteiger partial charge in [-0.05, 0) is 38.2 Å². The molecule has 2 atom stereocenters. The normalized spacial score (nSPS) is 17.3. The number of hydrogen-bond donors (Lipinski definition) is 0. The van der Waals surface area contributed by atoms with E-state index in [1.165, 1.54) is 0 Å². The van der Waals surface area contributed by atoms with Gasteiger partial charge < -0.3 is 14.2 Å². The van der Waals surface area contributed by atoms with E-state index in [9.17, 15) is 9.59 Å². The fourth-order valence-corrected chi connectivity index (χ4v) is 4.59. The standard InChI is InChI=1S/C24H30N2O5S/c1-6-31-23(27)25(15-17-10-8-7-9-11-17)19-12-16(2)26(24(28)32-5)20-14-22(30-4)21(29-3)13-18(19)20/h7-11,13-14,16,19H,6,12,15H2,1-5H3/t16-,19+/m1/s1. The Morgan fingerprint density at radius 2 is 1.78 bits per heavy atom. The van der Waals surface area contributed by atoms with E-state index in [0.717, 1.165) is 22.9 Å². The van der Waals surface area contributed by atoms with Crippen molar-refractivity contribution < 1.29 is 23.8 Å². The lowest BCUT2D eigenvalue weighted by Gasteiger charge is -2.43. The number of carbonyl (C=O) groups is 2. The Morgan fingerprint density at radius 1 is 1.12 bits per heavy atom. The second kappa shape index (κ2) is 10.6. The zero-order valence-corrected chi connectivity index (χ0v) is 20.0. The first-order valence-electron chi connectivity index (χ1n) is 10.6. The Balaban J connectivity index is 2.14. The average molecular weight is 459 g/mol. The van der Waals surface area contributed by atoms with E-state index < -0.39 is 0 Å². The third kappa shape index (κ3) is 4.80. The van der Waals surface area contributed by atoms with Crippen LogP contribution in [0.3, 0.4) is 0 Å². The highest BCUT2D eigenvalue weighted by molar-refractivity contribution is 8.13. The predicted molar refractivity (Wildman–Crippen MR) is 127 cm³/mol. The van der Waals surface area contributed by atoms with Gasteiger partial charge in [-0.3, -0.25) is 14.6 Å². The Bertz CT molecular complexity index is 953. The van der Waals surface area contributed by atoms with Crippen molar-refractivity contribution >= 4 is 28.8 Å². The molecule has 8 heteroatoms. The van der Waals surface area contributed by atoms with E-state index in [2.05, 4.69) is 0 Å². The molecule has 0 aromatic heterocycles. The highest BCUT2D eigenvalue weighted by Crippen LogP contribution is 2.46. The van der Waals surface area contributed by atoms with Crippen molar-refractivity contribution in [1.82, 2.24) is 4.90 Å². The predicted octanol–water partition coefficient (Wildman–Crippen LogP) is 5.49. The maximum absolute atomic E-state index is 13.1. The third-order valence-electron chi connectivity index (χ3n) is 5.60. The fourth-order valence-electron chi connectivity index (χ4n) is 4.11. The molecule has 1 heterocycles. The molecule has 172 valence electrons. The van der Waals surface area contributed by atoms with Crippen LogP contribution in [-0.4, -0.2) is 49.4 Å². The summed E-state index contributed by atoms with van der Waals surface area (Å²) >= 11 is 1.16. The minimum atomic E-state index is -0.390. The Kier molecular flexibility index (Phi) is 7.90. The van der Waals surface area contributed by atoms with Crippen LogP contribution in [0.25, 0.3) is 0 Å². The first-order chi connectivity index (χ1) is 15.4. The van der Waals surface area contributed by atoms with Gasteiger partial charge in [-0.15, -0.1) is 0 Å². The van der Waals surface area contributed by atoms with Crippen LogP contribution < -0.4 is 14.4 Å². The van der Waals surface area contributed by atoms with Gasteiger partial charge in [0.1, 0.15) is 0 Å². The van der Waals surface area contributed by atoms with Crippen LogP contribution in [0.2, 0.25) is 0 Å². The number of nitrogens with zero attached hydrogens (tertiary/aromatic N) is 2. The summed E-state index contributed by atoms with van der Waals surface area (Å²) in [6.45, 7) is 4.46. The van der Waals surface area contributed by atoms with Crippen molar-refractivity contribution in [2.75, 3.05) is 32.0 Å². The molecule has 3 rings (SSSR count). The molecule has 0 aliphatic carbocycles. The van der Waals surface area contributed by atoms with E-state index in [-0.39, 0.29) is 30.0 Å². The highest BCUT2D eigenvalue weighted by atomic mass is 32.2. The van der Waals surface area contributed by atoms with Gasteiger partial charge in [-0.25, -0.2) is 4.79 Å². The molecule has 1 aliphatic heterocycles. The van der Waals surface area contributed by atoms with Gasteiger partial charge in [0.2, 0.25) is 0 Å². The second-order valence-corrected chi connectivity index (χ2v) is 8.28. The number of anilines is 1. The molecule has 0 unspecified atom stereocenters. The van der Waals surface area contributed by atoms with Crippen molar-refractivity contribution in [3.05, 3.63) is 53.6 Å². The first kappa shape index (κ1) is 23.8. The zero-order chi connectivity index (χ0) is 23.3. The van der Waals surface area contributed by atoms with Gasteiger partial charge in [0.15, 0.2) is 11.5 Å². The maximum atomic E-state index is 13.1. The molecule has 2 aromatic carbocycles. The molecule has 0 saturated heterocycles. The molecule has 0 radical (unpaired) electrons. The van der Waals surface area contributed by atoms with Crippen molar-refractivity contribution in [1.29, 1.82) is 0 Å². The van der Waals surface area contributed by atoms with Gasteiger partial charge >= 0.3 is 6.09 Å². The summed E-state index contributed by atoms with van der Waals surface area (Å²) in [5.41, 5.74) is 2.54. The summed E-state index contributed by atoms with van der Waals surface area (Å²) in [7, 11) is 3.14. The molecule has 7 nitrogen and oxygen atoms in total. The van der Waals surface area contributed by atoms with Crippen LogP contribution in [0.5, 0.6) is 11.5 Å². The number of thioether (sulfide) groups is 1. The van der Waals surface area contributed by atoms with E-state index >= 15 is 0 Å². The highest BCUT2D eigenvalue weighted by Gasteiger charge is 2.39. The fraction of sp³-hybridized carbons (Fsp3) is 0.417. The largest absolute Gasteiger partial charge is 0.493 e. The molecule has 2 aromatic rings. The summed E-state index contributed by atoms with van der Waals surface area (Å²) < 4.78 is 16.5. The maximum Gasteiger partial charge on any atom is 0.410 e. The number of fused-ring (bicyclic) bond motifs is 1. The summed E-state index contributed by atoms with van der Waals surface area (Å²) in [5, 5.41) is -0.0600. The van der Waals surface area contributed by atoms with Crippen LogP contribution >= 0.6 is 11.8 Å². The van der Waals surface area contributed by atoms with Crippen LogP contribution in [-0.2, 0) is 11.3 Å². The average Bonchev–Trinajstić information content (AvgIpc) is 2.81. The van der Waals surface area contributed by atoms with E-state index in [4.69, 9.17) is 14.2 Å². The quantitative estimate of drug-likeness (QED) is 0.571. The lowest BCUT2D eigenvalue weighted by molar-refractivity contribution is 0.0817. The number of methoxy groups -OCH3 is 2. The number of amides is 2. The molecule has 0 fully saturated rings. The Hall–Kier alpha value is -2.87. The molecule has 1 aliphatic rings. The summed E-state index contributed by atoms with van der Waals surface area (Å²) in [5.74, 6) is 1.08. The minimum Gasteiger partial charge on any atom is -0.493 e. The molecule has 0 saturated carbocycles. The van der Waals surface area contributed by atoms with E-state index in [0.29, 0.717) is 30.2 Å².